The van der Waals surface area contributed by atoms with Crippen molar-refractivity contribution in [2.75, 3.05) is 13.1 Å². The van der Waals surface area contributed by atoms with Gasteiger partial charge in [0.15, 0.2) is 0 Å². The summed E-state index contributed by atoms with van der Waals surface area (Å²) < 4.78 is 5.95. The van der Waals surface area contributed by atoms with E-state index >= 15 is 0 Å². The van der Waals surface area contributed by atoms with E-state index in [0.29, 0.717) is 6.10 Å². The molecule has 1 unspecified atom stereocenters. The van der Waals surface area contributed by atoms with Gasteiger partial charge in [-0.3, -0.25) is 0 Å². The third-order valence-electron chi connectivity index (χ3n) is 4.95. The molecule has 0 radical (unpaired) electrons. The van der Waals surface area contributed by atoms with E-state index in [2.05, 4.69) is 36.5 Å². The lowest BCUT2D eigenvalue weighted by Crippen LogP contribution is -2.31. The minimum Gasteiger partial charge on any atom is -0.488 e. The summed E-state index contributed by atoms with van der Waals surface area (Å²) in [6, 6.07) is 8.41. The zero-order valence-electron chi connectivity index (χ0n) is 12.6. The Kier molecular flexibility index (Phi) is 4.62. The summed E-state index contributed by atoms with van der Waals surface area (Å²) in [6.45, 7) is 4.52. The summed E-state index contributed by atoms with van der Waals surface area (Å²) in [5.41, 5.74) is 1.36. The van der Waals surface area contributed by atoms with Gasteiger partial charge >= 0.3 is 0 Å². The Bertz CT molecular complexity index is 398. The molecule has 2 nitrogen and oxygen atoms in total. The molecule has 0 saturated heterocycles. The molecule has 0 aromatic heterocycles. The molecule has 1 N–H and O–H groups in total. The van der Waals surface area contributed by atoms with E-state index in [1.807, 2.05) is 0 Å². The highest BCUT2D eigenvalue weighted by molar-refractivity contribution is 5.37. The summed E-state index contributed by atoms with van der Waals surface area (Å²) in [5, 5.41) is 3.60. The first-order valence-electron chi connectivity index (χ1n) is 8.26. The van der Waals surface area contributed by atoms with Crippen molar-refractivity contribution in [3.8, 4) is 5.75 Å². The quantitative estimate of drug-likeness (QED) is 0.824. The van der Waals surface area contributed by atoms with Crippen molar-refractivity contribution >= 4 is 0 Å². The highest BCUT2D eigenvalue weighted by Gasteiger charge is 2.22. The van der Waals surface area contributed by atoms with Gasteiger partial charge in [0.25, 0.3) is 0 Å². The minimum absolute atomic E-state index is 0.332. The lowest BCUT2D eigenvalue weighted by molar-refractivity contribution is 0.222. The maximum Gasteiger partial charge on any atom is 0.123 e. The molecule has 2 heteroatoms. The van der Waals surface area contributed by atoms with Crippen LogP contribution in [-0.4, -0.2) is 19.2 Å². The SMILES string of the molecule is CC1CCC(CCNCC2Cc3ccccc3O2)CC1. The molecule has 1 aromatic rings. The van der Waals surface area contributed by atoms with Crippen LogP contribution in [0.5, 0.6) is 5.75 Å². The Morgan fingerprint density at radius 2 is 1.95 bits per heavy atom. The average Bonchev–Trinajstić information content (AvgIpc) is 2.88. The summed E-state index contributed by atoms with van der Waals surface area (Å²) in [4.78, 5) is 0. The van der Waals surface area contributed by atoms with Crippen LogP contribution < -0.4 is 10.1 Å². The first kappa shape index (κ1) is 13.9. The van der Waals surface area contributed by atoms with Crippen LogP contribution in [0.3, 0.4) is 0 Å². The van der Waals surface area contributed by atoms with Crippen LogP contribution in [0.4, 0.5) is 0 Å². The molecular weight excluding hydrogens is 246 g/mol. The molecule has 3 rings (SSSR count). The van der Waals surface area contributed by atoms with Crippen molar-refractivity contribution < 1.29 is 4.74 Å². The zero-order valence-corrected chi connectivity index (χ0v) is 12.6. The Balaban J connectivity index is 1.32. The van der Waals surface area contributed by atoms with Crippen molar-refractivity contribution in [2.24, 2.45) is 11.8 Å². The zero-order chi connectivity index (χ0) is 13.8. The van der Waals surface area contributed by atoms with E-state index in [4.69, 9.17) is 4.74 Å². The topological polar surface area (TPSA) is 21.3 Å². The van der Waals surface area contributed by atoms with Gasteiger partial charge in [0.2, 0.25) is 0 Å². The number of para-hydroxylation sites is 1. The monoisotopic (exact) mass is 273 g/mol. The van der Waals surface area contributed by atoms with Crippen molar-refractivity contribution in [2.45, 2.75) is 51.6 Å². The van der Waals surface area contributed by atoms with Gasteiger partial charge in [-0.25, -0.2) is 0 Å². The lowest BCUT2D eigenvalue weighted by Gasteiger charge is -2.26. The van der Waals surface area contributed by atoms with Crippen LogP contribution in [-0.2, 0) is 6.42 Å². The molecule has 1 atom stereocenters. The average molecular weight is 273 g/mol. The lowest BCUT2D eigenvalue weighted by atomic mass is 9.81. The molecule has 1 aromatic carbocycles. The number of nitrogens with one attached hydrogen (secondary N) is 1. The van der Waals surface area contributed by atoms with Gasteiger partial charge in [-0.2, -0.15) is 0 Å². The second-order valence-corrected chi connectivity index (χ2v) is 6.67. The Hall–Kier alpha value is -1.02. The van der Waals surface area contributed by atoms with E-state index in [0.717, 1.165) is 37.1 Å². The van der Waals surface area contributed by atoms with E-state index in [1.54, 1.807) is 0 Å². The third kappa shape index (κ3) is 3.54. The highest BCUT2D eigenvalue weighted by atomic mass is 16.5. The Morgan fingerprint density at radius 1 is 1.15 bits per heavy atom. The standard InChI is InChI=1S/C18H27NO/c1-14-6-8-15(9-7-14)10-11-19-13-17-12-16-4-2-3-5-18(16)20-17/h2-5,14-15,17,19H,6-13H2,1H3. The van der Waals surface area contributed by atoms with E-state index < -0.39 is 0 Å². The van der Waals surface area contributed by atoms with Gasteiger partial charge in [-0.1, -0.05) is 50.8 Å². The number of rotatable bonds is 5. The van der Waals surface area contributed by atoms with Gasteiger partial charge in [0.05, 0.1) is 0 Å². The van der Waals surface area contributed by atoms with Crippen molar-refractivity contribution in [1.82, 2.24) is 5.32 Å². The number of hydrogen-bond donors (Lipinski definition) is 1. The normalized spacial score (nSPS) is 28.9. The predicted octanol–water partition coefficient (Wildman–Crippen LogP) is 3.80. The fourth-order valence-corrected chi connectivity index (χ4v) is 3.55. The fraction of sp³-hybridized carbons (Fsp3) is 0.667. The molecule has 20 heavy (non-hydrogen) atoms. The van der Waals surface area contributed by atoms with E-state index in [-0.39, 0.29) is 0 Å². The van der Waals surface area contributed by atoms with Gasteiger partial charge in [-0.15, -0.1) is 0 Å². The maximum absolute atomic E-state index is 5.95. The largest absolute Gasteiger partial charge is 0.488 e. The molecule has 1 fully saturated rings. The van der Waals surface area contributed by atoms with E-state index in [1.165, 1.54) is 37.7 Å². The Labute approximate surface area is 122 Å². The molecule has 1 aliphatic heterocycles. The smallest absolute Gasteiger partial charge is 0.123 e. The summed E-state index contributed by atoms with van der Waals surface area (Å²) in [5.74, 6) is 3.01. The van der Waals surface area contributed by atoms with Crippen LogP contribution >= 0.6 is 0 Å². The fourth-order valence-electron chi connectivity index (χ4n) is 3.55. The van der Waals surface area contributed by atoms with Crippen molar-refractivity contribution in [1.29, 1.82) is 0 Å². The predicted molar refractivity (Wildman–Crippen MR) is 83.2 cm³/mol. The van der Waals surface area contributed by atoms with Crippen LogP contribution in [0, 0.1) is 11.8 Å². The molecule has 2 aliphatic rings. The molecule has 110 valence electrons. The van der Waals surface area contributed by atoms with Crippen LogP contribution in [0.2, 0.25) is 0 Å². The first-order valence-corrected chi connectivity index (χ1v) is 8.26. The highest BCUT2D eigenvalue weighted by Crippen LogP contribution is 2.30. The number of ether oxygens (including phenoxy) is 1. The minimum atomic E-state index is 0.332. The Morgan fingerprint density at radius 3 is 2.75 bits per heavy atom. The van der Waals surface area contributed by atoms with Crippen molar-refractivity contribution in [3.05, 3.63) is 29.8 Å². The molecule has 1 saturated carbocycles. The molecule has 0 bridgehead atoms. The third-order valence-corrected chi connectivity index (χ3v) is 4.95. The number of fused-ring (bicyclic) bond motifs is 1. The summed E-state index contributed by atoms with van der Waals surface area (Å²) in [6.07, 6.45) is 8.48. The number of benzene rings is 1. The van der Waals surface area contributed by atoms with Crippen LogP contribution in [0.1, 0.15) is 44.6 Å². The van der Waals surface area contributed by atoms with Gasteiger partial charge in [0, 0.05) is 13.0 Å². The van der Waals surface area contributed by atoms with E-state index in [9.17, 15) is 0 Å². The summed E-state index contributed by atoms with van der Waals surface area (Å²) in [7, 11) is 0. The van der Waals surface area contributed by atoms with Gasteiger partial charge in [0.1, 0.15) is 11.9 Å². The van der Waals surface area contributed by atoms with Gasteiger partial charge < -0.3 is 10.1 Å². The summed E-state index contributed by atoms with van der Waals surface area (Å²) >= 11 is 0. The van der Waals surface area contributed by atoms with Gasteiger partial charge in [-0.05, 0) is 36.4 Å². The molecule has 1 aliphatic carbocycles. The van der Waals surface area contributed by atoms with Crippen molar-refractivity contribution in [3.63, 3.8) is 0 Å². The molecule has 1 heterocycles. The molecular formula is C18H27NO. The molecule has 0 amide bonds. The maximum atomic E-state index is 5.95. The second kappa shape index (κ2) is 6.62. The van der Waals surface area contributed by atoms with Crippen LogP contribution in [0.15, 0.2) is 24.3 Å². The second-order valence-electron chi connectivity index (χ2n) is 6.67. The first-order chi connectivity index (χ1) is 9.81. The molecule has 0 spiro atoms. The number of hydrogen-bond acceptors (Lipinski definition) is 2. The van der Waals surface area contributed by atoms with Crippen LogP contribution in [0.25, 0.3) is 0 Å².